The Hall–Kier alpha value is -1.56. The van der Waals surface area contributed by atoms with Crippen molar-refractivity contribution < 1.29 is 18.0 Å². The number of carbonyl (C=O) groups is 1. The maximum absolute atomic E-state index is 12.8. The van der Waals surface area contributed by atoms with Gasteiger partial charge in [0.05, 0.1) is 0 Å². The van der Waals surface area contributed by atoms with Crippen molar-refractivity contribution in [3.8, 4) is 0 Å². The van der Waals surface area contributed by atoms with Crippen molar-refractivity contribution in [2.75, 3.05) is 11.9 Å². The van der Waals surface area contributed by atoms with Gasteiger partial charge in [0.15, 0.2) is 17.5 Å². The normalized spacial score (nSPS) is 12.3. The van der Waals surface area contributed by atoms with Crippen molar-refractivity contribution >= 4 is 11.6 Å². The molecule has 17 heavy (non-hydrogen) atoms. The van der Waals surface area contributed by atoms with E-state index in [1.807, 2.05) is 0 Å². The average molecular weight is 246 g/mol. The van der Waals surface area contributed by atoms with E-state index in [-0.39, 0.29) is 18.0 Å². The summed E-state index contributed by atoms with van der Waals surface area (Å²) in [5.74, 6) is -4.70. The van der Waals surface area contributed by atoms with Gasteiger partial charge < -0.3 is 11.1 Å². The van der Waals surface area contributed by atoms with Crippen LogP contribution in [0.4, 0.5) is 18.9 Å². The minimum absolute atomic E-state index is 0.0369. The third-order valence-electron chi connectivity index (χ3n) is 2.20. The standard InChI is InChI=1S/C11H13F3N2O/c1-6(5-15)2-10(17)16-7-3-8(12)11(14)9(13)4-7/h3-4,6H,2,5,15H2,1H3,(H,16,17). The quantitative estimate of drug-likeness (QED) is 0.798. The molecule has 1 rings (SSSR count). The molecule has 0 aliphatic rings. The number of carbonyl (C=O) groups excluding carboxylic acids is 1. The highest BCUT2D eigenvalue weighted by atomic mass is 19.2. The van der Waals surface area contributed by atoms with Crippen LogP contribution < -0.4 is 11.1 Å². The summed E-state index contributed by atoms with van der Waals surface area (Å²) in [6.45, 7) is 2.10. The number of amides is 1. The Morgan fingerprint density at radius 3 is 2.35 bits per heavy atom. The number of benzene rings is 1. The predicted octanol–water partition coefficient (Wildman–Crippen LogP) is 2.03. The molecule has 94 valence electrons. The van der Waals surface area contributed by atoms with Crippen LogP contribution in [0.25, 0.3) is 0 Å². The minimum Gasteiger partial charge on any atom is -0.330 e. The molecule has 0 fully saturated rings. The second-order valence-corrected chi connectivity index (χ2v) is 3.85. The Kier molecular flexibility index (Phi) is 4.51. The minimum atomic E-state index is -1.56. The number of nitrogens with two attached hydrogens (primary N) is 1. The Balaban J connectivity index is 2.72. The summed E-state index contributed by atoms with van der Waals surface area (Å²) in [6, 6.07) is 1.45. The molecule has 0 heterocycles. The first-order valence-corrected chi connectivity index (χ1v) is 5.08. The molecule has 1 atom stereocenters. The molecule has 1 aromatic rings. The summed E-state index contributed by atoms with van der Waals surface area (Å²) < 4.78 is 38.3. The van der Waals surface area contributed by atoms with Crippen molar-refractivity contribution in [3.63, 3.8) is 0 Å². The lowest BCUT2D eigenvalue weighted by Gasteiger charge is -2.09. The maximum Gasteiger partial charge on any atom is 0.224 e. The summed E-state index contributed by atoms with van der Waals surface area (Å²) >= 11 is 0. The molecule has 1 aromatic carbocycles. The van der Waals surface area contributed by atoms with Crippen molar-refractivity contribution in [2.24, 2.45) is 11.7 Å². The molecular formula is C11H13F3N2O. The first kappa shape index (κ1) is 13.5. The molecule has 0 aliphatic heterocycles. The van der Waals surface area contributed by atoms with Gasteiger partial charge in [-0.05, 0) is 12.5 Å². The maximum atomic E-state index is 12.8. The van der Waals surface area contributed by atoms with E-state index in [9.17, 15) is 18.0 Å². The fourth-order valence-corrected chi connectivity index (χ4v) is 1.24. The molecule has 1 amide bonds. The van der Waals surface area contributed by atoms with Crippen LogP contribution in [0.15, 0.2) is 12.1 Å². The van der Waals surface area contributed by atoms with Crippen LogP contribution in [-0.2, 0) is 4.79 Å². The smallest absolute Gasteiger partial charge is 0.224 e. The van der Waals surface area contributed by atoms with Gasteiger partial charge in [0, 0.05) is 24.2 Å². The van der Waals surface area contributed by atoms with E-state index in [1.165, 1.54) is 0 Å². The highest BCUT2D eigenvalue weighted by molar-refractivity contribution is 5.90. The van der Waals surface area contributed by atoms with Gasteiger partial charge >= 0.3 is 0 Å². The number of nitrogens with one attached hydrogen (secondary N) is 1. The van der Waals surface area contributed by atoms with Crippen LogP contribution in [0, 0.1) is 23.4 Å². The summed E-state index contributed by atoms with van der Waals surface area (Å²) in [7, 11) is 0. The van der Waals surface area contributed by atoms with E-state index in [1.54, 1.807) is 6.92 Å². The van der Waals surface area contributed by atoms with E-state index in [4.69, 9.17) is 5.73 Å². The molecule has 0 aromatic heterocycles. The zero-order chi connectivity index (χ0) is 13.0. The average Bonchev–Trinajstić information content (AvgIpc) is 2.25. The Morgan fingerprint density at radius 2 is 1.88 bits per heavy atom. The highest BCUT2D eigenvalue weighted by Gasteiger charge is 2.13. The molecule has 0 saturated carbocycles. The van der Waals surface area contributed by atoms with Crippen LogP contribution in [0.1, 0.15) is 13.3 Å². The van der Waals surface area contributed by atoms with Crippen LogP contribution >= 0.6 is 0 Å². The number of rotatable bonds is 4. The molecule has 0 aliphatic carbocycles. The van der Waals surface area contributed by atoms with E-state index in [0.717, 1.165) is 12.1 Å². The monoisotopic (exact) mass is 246 g/mol. The van der Waals surface area contributed by atoms with Crippen LogP contribution in [0.3, 0.4) is 0 Å². The van der Waals surface area contributed by atoms with Gasteiger partial charge in [-0.25, -0.2) is 13.2 Å². The SMILES string of the molecule is CC(CN)CC(=O)Nc1cc(F)c(F)c(F)c1. The molecule has 0 saturated heterocycles. The van der Waals surface area contributed by atoms with E-state index in [2.05, 4.69) is 5.32 Å². The fourth-order valence-electron chi connectivity index (χ4n) is 1.24. The highest BCUT2D eigenvalue weighted by Crippen LogP contribution is 2.17. The zero-order valence-electron chi connectivity index (χ0n) is 9.27. The van der Waals surface area contributed by atoms with E-state index >= 15 is 0 Å². The summed E-state index contributed by atoms with van der Waals surface area (Å²) in [6.07, 6.45) is 0.136. The summed E-state index contributed by atoms with van der Waals surface area (Å²) in [4.78, 5) is 11.4. The van der Waals surface area contributed by atoms with Crippen molar-refractivity contribution in [3.05, 3.63) is 29.6 Å². The second kappa shape index (κ2) is 5.67. The predicted molar refractivity (Wildman–Crippen MR) is 57.8 cm³/mol. The number of halogens is 3. The lowest BCUT2D eigenvalue weighted by Crippen LogP contribution is -2.20. The van der Waals surface area contributed by atoms with E-state index in [0.29, 0.717) is 6.54 Å². The fraction of sp³-hybridized carbons (Fsp3) is 0.364. The molecule has 6 heteroatoms. The van der Waals surface area contributed by atoms with Gasteiger partial charge in [0.2, 0.25) is 5.91 Å². The Bertz CT molecular complexity index is 400. The topological polar surface area (TPSA) is 55.1 Å². The van der Waals surface area contributed by atoms with Gasteiger partial charge in [-0.15, -0.1) is 0 Å². The van der Waals surface area contributed by atoms with Gasteiger partial charge in [-0.2, -0.15) is 0 Å². The number of hydrogen-bond acceptors (Lipinski definition) is 2. The van der Waals surface area contributed by atoms with Crippen LogP contribution in [-0.4, -0.2) is 12.5 Å². The molecular weight excluding hydrogens is 233 g/mol. The third kappa shape index (κ3) is 3.74. The molecule has 0 radical (unpaired) electrons. The van der Waals surface area contributed by atoms with Crippen LogP contribution in [0.5, 0.6) is 0 Å². The van der Waals surface area contributed by atoms with Crippen molar-refractivity contribution in [1.82, 2.24) is 0 Å². The van der Waals surface area contributed by atoms with Crippen molar-refractivity contribution in [2.45, 2.75) is 13.3 Å². The third-order valence-corrected chi connectivity index (χ3v) is 2.20. The number of anilines is 1. The Labute approximate surface area is 96.8 Å². The lowest BCUT2D eigenvalue weighted by molar-refractivity contribution is -0.116. The first-order chi connectivity index (χ1) is 7.93. The van der Waals surface area contributed by atoms with Gasteiger partial charge in [0.1, 0.15) is 0 Å². The molecule has 1 unspecified atom stereocenters. The Morgan fingerprint density at radius 1 is 1.35 bits per heavy atom. The molecule has 3 N–H and O–H groups in total. The molecule has 0 bridgehead atoms. The summed E-state index contributed by atoms with van der Waals surface area (Å²) in [5.41, 5.74) is 5.22. The van der Waals surface area contributed by atoms with E-state index < -0.39 is 23.4 Å². The zero-order valence-corrected chi connectivity index (χ0v) is 9.27. The number of hydrogen-bond donors (Lipinski definition) is 2. The molecule has 3 nitrogen and oxygen atoms in total. The van der Waals surface area contributed by atoms with Gasteiger partial charge in [-0.1, -0.05) is 6.92 Å². The van der Waals surface area contributed by atoms with Gasteiger partial charge in [-0.3, -0.25) is 4.79 Å². The van der Waals surface area contributed by atoms with Crippen LogP contribution in [0.2, 0.25) is 0 Å². The first-order valence-electron chi connectivity index (χ1n) is 5.08. The summed E-state index contributed by atoms with van der Waals surface area (Å²) in [5, 5.41) is 2.27. The second-order valence-electron chi connectivity index (χ2n) is 3.85. The molecule has 0 spiro atoms. The lowest BCUT2D eigenvalue weighted by atomic mass is 10.1. The van der Waals surface area contributed by atoms with Gasteiger partial charge in [0.25, 0.3) is 0 Å². The largest absolute Gasteiger partial charge is 0.330 e. The van der Waals surface area contributed by atoms with Crippen molar-refractivity contribution in [1.29, 1.82) is 0 Å².